The van der Waals surface area contributed by atoms with E-state index < -0.39 is 0 Å². The Balaban J connectivity index is 1.39. The van der Waals surface area contributed by atoms with Gasteiger partial charge in [-0.25, -0.2) is 4.39 Å². The van der Waals surface area contributed by atoms with E-state index in [0.717, 1.165) is 57.3 Å². The van der Waals surface area contributed by atoms with E-state index in [-0.39, 0.29) is 11.6 Å². The van der Waals surface area contributed by atoms with Crippen LogP contribution in [0.2, 0.25) is 0 Å². The molecule has 0 spiro atoms. The number of allylic oxidation sites excluding steroid dienone is 4. The van der Waals surface area contributed by atoms with Gasteiger partial charge in [0.1, 0.15) is 5.82 Å². The summed E-state index contributed by atoms with van der Waals surface area (Å²) < 4.78 is 13.0. The summed E-state index contributed by atoms with van der Waals surface area (Å²) in [6.07, 6.45) is 12.2. The fourth-order valence-corrected chi connectivity index (χ4v) is 3.59. The molecule has 24 heavy (non-hydrogen) atoms. The van der Waals surface area contributed by atoms with Gasteiger partial charge >= 0.3 is 0 Å². The van der Waals surface area contributed by atoms with Crippen LogP contribution >= 0.6 is 0 Å². The normalized spacial score (nSPS) is 19.3. The summed E-state index contributed by atoms with van der Waals surface area (Å²) in [5, 5.41) is 0. The number of hydrogen-bond donors (Lipinski definition) is 0. The molecule has 1 fully saturated rings. The number of carbonyl (C=O) groups excluding carboxylic acids is 1. The van der Waals surface area contributed by atoms with Crippen LogP contribution < -0.4 is 0 Å². The monoisotopic (exact) mass is 327 g/mol. The molecule has 0 N–H and O–H groups in total. The molecular weight excluding hydrogens is 301 g/mol. The Kier molecular flexibility index (Phi) is 5.97. The van der Waals surface area contributed by atoms with Crippen LogP contribution in [0.5, 0.6) is 0 Å². The largest absolute Gasteiger partial charge is 0.303 e. The second-order valence-electron chi connectivity index (χ2n) is 6.93. The van der Waals surface area contributed by atoms with Crippen molar-refractivity contribution in [2.75, 3.05) is 19.6 Å². The zero-order valence-electron chi connectivity index (χ0n) is 14.2. The van der Waals surface area contributed by atoms with Gasteiger partial charge in [0, 0.05) is 18.5 Å². The molecule has 0 aromatic heterocycles. The van der Waals surface area contributed by atoms with Crippen molar-refractivity contribution < 1.29 is 9.18 Å². The number of carbonyl (C=O) groups is 1. The summed E-state index contributed by atoms with van der Waals surface area (Å²) in [5.74, 6) is 0.784. The first-order chi connectivity index (χ1) is 11.7. The van der Waals surface area contributed by atoms with Gasteiger partial charge < -0.3 is 4.90 Å². The van der Waals surface area contributed by atoms with Gasteiger partial charge in [0.25, 0.3) is 0 Å². The Morgan fingerprint density at radius 1 is 1.12 bits per heavy atom. The molecular formula is C21H26FNO. The van der Waals surface area contributed by atoms with Crippen LogP contribution in [-0.2, 0) is 11.2 Å². The van der Waals surface area contributed by atoms with Gasteiger partial charge in [-0.2, -0.15) is 0 Å². The minimum atomic E-state index is -0.166. The Bertz CT molecular complexity index is 609. The average Bonchev–Trinajstić information content (AvgIpc) is 2.63. The van der Waals surface area contributed by atoms with E-state index in [9.17, 15) is 9.18 Å². The van der Waals surface area contributed by atoms with Gasteiger partial charge in [-0.15, -0.1) is 0 Å². The molecule has 3 heteroatoms. The highest BCUT2D eigenvalue weighted by atomic mass is 19.1. The Labute approximate surface area is 144 Å². The van der Waals surface area contributed by atoms with E-state index in [1.54, 1.807) is 12.1 Å². The van der Waals surface area contributed by atoms with Gasteiger partial charge in [0.15, 0.2) is 5.78 Å². The van der Waals surface area contributed by atoms with Crippen LogP contribution in [0.4, 0.5) is 4.39 Å². The second kappa shape index (κ2) is 8.39. The molecule has 0 bridgehead atoms. The van der Waals surface area contributed by atoms with Crippen LogP contribution in [0, 0.1) is 11.7 Å². The molecule has 1 aliphatic carbocycles. The highest BCUT2D eigenvalue weighted by Gasteiger charge is 2.20. The molecule has 1 aromatic carbocycles. The first-order valence-electron chi connectivity index (χ1n) is 9.07. The number of ketones is 1. The minimum absolute atomic E-state index is 0.166. The maximum atomic E-state index is 13.0. The Hall–Kier alpha value is -1.74. The van der Waals surface area contributed by atoms with Crippen LogP contribution in [0.25, 0.3) is 0 Å². The van der Waals surface area contributed by atoms with E-state index in [1.165, 1.54) is 5.56 Å². The van der Waals surface area contributed by atoms with E-state index in [0.29, 0.717) is 12.3 Å². The molecule has 0 saturated carbocycles. The number of rotatable bonds is 6. The lowest BCUT2D eigenvalue weighted by Gasteiger charge is -2.32. The SMILES string of the molecule is O=C(CCN1CCC(Cc2ccc(F)cc2)CC1)C1=CCCC=C1. The van der Waals surface area contributed by atoms with Crippen molar-refractivity contribution in [1.82, 2.24) is 4.90 Å². The number of halogens is 1. The zero-order chi connectivity index (χ0) is 16.8. The summed E-state index contributed by atoms with van der Waals surface area (Å²) in [6, 6.07) is 6.88. The van der Waals surface area contributed by atoms with Gasteiger partial charge in [0.05, 0.1) is 0 Å². The molecule has 2 nitrogen and oxygen atoms in total. The number of piperidine rings is 1. The lowest BCUT2D eigenvalue weighted by Crippen LogP contribution is -2.35. The van der Waals surface area contributed by atoms with Gasteiger partial charge in [0.2, 0.25) is 0 Å². The number of hydrogen-bond acceptors (Lipinski definition) is 2. The van der Waals surface area contributed by atoms with Crippen LogP contribution in [0.3, 0.4) is 0 Å². The van der Waals surface area contributed by atoms with Crippen molar-refractivity contribution in [3.63, 3.8) is 0 Å². The Morgan fingerprint density at radius 2 is 1.88 bits per heavy atom. The average molecular weight is 327 g/mol. The predicted molar refractivity (Wildman–Crippen MR) is 95.3 cm³/mol. The molecule has 1 aliphatic heterocycles. The van der Waals surface area contributed by atoms with E-state index in [1.807, 2.05) is 18.2 Å². The molecule has 128 valence electrons. The van der Waals surface area contributed by atoms with Crippen LogP contribution in [-0.4, -0.2) is 30.3 Å². The van der Waals surface area contributed by atoms with E-state index in [4.69, 9.17) is 0 Å². The highest BCUT2D eigenvalue weighted by molar-refractivity contribution is 5.98. The number of likely N-dealkylation sites (tertiary alicyclic amines) is 1. The van der Waals surface area contributed by atoms with Gasteiger partial charge in [-0.3, -0.25) is 4.79 Å². The van der Waals surface area contributed by atoms with Crippen LogP contribution in [0.1, 0.15) is 37.7 Å². The summed E-state index contributed by atoms with van der Waals surface area (Å²) >= 11 is 0. The first kappa shape index (κ1) is 17.1. The molecule has 0 radical (unpaired) electrons. The zero-order valence-corrected chi connectivity index (χ0v) is 14.2. The lowest BCUT2D eigenvalue weighted by atomic mass is 9.90. The van der Waals surface area contributed by atoms with Crippen LogP contribution in [0.15, 0.2) is 48.1 Å². The van der Waals surface area contributed by atoms with Crippen molar-refractivity contribution in [3.05, 3.63) is 59.4 Å². The summed E-state index contributed by atoms with van der Waals surface area (Å²) in [4.78, 5) is 14.6. The summed E-state index contributed by atoms with van der Waals surface area (Å²) in [7, 11) is 0. The third kappa shape index (κ3) is 4.88. The standard InChI is InChI=1S/C21H26FNO/c22-20-8-6-17(7-9-20)16-18-10-13-23(14-11-18)15-12-21(24)19-4-2-1-3-5-19/h2,4-9,18H,1,3,10-16H2. The van der Waals surface area contributed by atoms with Crippen molar-refractivity contribution in [3.8, 4) is 0 Å². The topological polar surface area (TPSA) is 20.3 Å². The van der Waals surface area contributed by atoms with Crippen molar-refractivity contribution >= 4 is 5.78 Å². The lowest BCUT2D eigenvalue weighted by molar-refractivity contribution is -0.115. The summed E-state index contributed by atoms with van der Waals surface area (Å²) in [5.41, 5.74) is 2.12. The van der Waals surface area contributed by atoms with Gasteiger partial charge in [-0.05, 0) is 68.8 Å². The van der Waals surface area contributed by atoms with Crippen molar-refractivity contribution in [2.45, 2.75) is 38.5 Å². The third-order valence-electron chi connectivity index (χ3n) is 5.12. The van der Waals surface area contributed by atoms with E-state index >= 15 is 0 Å². The molecule has 3 rings (SSSR count). The predicted octanol–water partition coefficient (Wildman–Crippen LogP) is 4.32. The molecule has 1 saturated heterocycles. The highest BCUT2D eigenvalue weighted by Crippen LogP contribution is 2.22. The first-order valence-corrected chi connectivity index (χ1v) is 9.07. The third-order valence-corrected chi connectivity index (χ3v) is 5.12. The second-order valence-corrected chi connectivity index (χ2v) is 6.93. The fraction of sp³-hybridized carbons (Fsp3) is 0.476. The molecule has 0 atom stereocenters. The quantitative estimate of drug-likeness (QED) is 0.776. The maximum Gasteiger partial charge on any atom is 0.163 e. The van der Waals surface area contributed by atoms with Crippen molar-refractivity contribution in [2.24, 2.45) is 5.92 Å². The minimum Gasteiger partial charge on any atom is -0.303 e. The molecule has 0 unspecified atom stereocenters. The molecule has 0 amide bonds. The molecule has 1 heterocycles. The Morgan fingerprint density at radius 3 is 2.54 bits per heavy atom. The number of nitrogens with zero attached hydrogens (tertiary/aromatic N) is 1. The maximum absolute atomic E-state index is 13.0. The van der Waals surface area contributed by atoms with E-state index in [2.05, 4.69) is 17.1 Å². The number of benzene rings is 1. The molecule has 2 aliphatic rings. The fourth-order valence-electron chi connectivity index (χ4n) is 3.59. The smallest absolute Gasteiger partial charge is 0.163 e. The molecule has 1 aromatic rings. The summed E-state index contributed by atoms with van der Waals surface area (Å²) in [6.45, 7) is 3.00. The van der Waals surface area contributed by atoms with Crippen molar-refractivity contribution in [1.29, 1.82) is 0 Å². The number of Topliss-reactive ketones (excluding diaryl/α,β-unsaturated/α-hetero) is 1. The van der Waals surface area contributed by atoms with Gasteiger partial charge in [-0.1, -0.05) is 30.4 Å².